The second-order valence-corrected chi connectivity index (χ2v) is 22.9. The van der Waals surface area contributed by atoms with Crippen molar-refractivity contribution in [2.24, 2.45) is 47.3 Å². The molecule has 0 spiro atoms. The van der Waals surface area contributed by atoms with E-state index in [-0.39, 0.29) is 60.9 Å². The molecule has 436 valence electrons. The maximum absolute atomic E-state index is 14.0. The van der Waals surface area contributed by atoms with Crippen LogP contribution in [0.4, 0.5) is 0 Å². The first-order chi connectivity index (χ1) is 35.7. The molecule has 0 aromatic rings. The second kappa shape index (κ2) is 27.7. The molecule has 4 fully saturated rings. The van der Waals surface area contributed by atoms with Gasteiger partial charge in [0.25, 0.3) is 0 Å². The monoisotopic (exact) mass is 1080 g/mol. The van der Waals surface area contributed by atoms with Crippen LogP contribution in [0.25, 0.3) is 0 Å². The number of ether oxygens (including phenoxy) is 10. The Balaban J connectivity index is 1.35. The van der Waals surface area contributed by atoms with Gasteiger partial charge in [0.05, 0.1) is 61.0 Å². The zero-order chi connectivity index (χ0) is 56.7. The molecular formula is C58H96O18. The van der Waals surface area contributed by atoms with Crippen LogP contribution >= 0.6 is 0 Å². The van der Waals surface area contributed by atoms with Gasteiger partial charge in [-0.25, -0.2) is 9.59 Å². The number of cyclic esters (lactones) is 2. The van der Waals surface area contributed by atoms with Gasteiger partial charge in [-0.15, -0.1) is 0 Å². The van der Waals surface area contributed by atoms with Crippen molar-refractivity contribution in [3.63, 3.8) is 0 Å². The predicted octanol–water partition coefficient (Wildman–Crippen LogP) is 6.21. The van der Waals surface area contributed by atoms with Crippen molar-refractivity contribution in [1.82, 2.24) is 0 Å². The van der Waals surface area contributed by atoms with Gasteiger partial charge in [-0.05, 0) is 54.4 Å². The molecule has 6 N–H and O–H groups in total. The van der Waals surface area contributed by atoms with Gasteiger partial charge in [-0.1, -0.05) is 91.8 Å². The largest absolute Gasteiger partial charge is 0.458 e. The lowest BCUT2D eigenvalue weighted by Crippen LogP contribution is -2.60. The molecule has 5 rings (SSSR count). The summed E-state index contributed by atoms with van der Waals surface area (Å²) in [6.45, 7) is 25.6. The van der Waals surface area contributed by atoms with Crippen molar-refractivity contribution in [3.8, 4) is 0 Å². The Hall–Kier alpha value is -2.66. The van der Waals surface area contributed by atoms with E-state index in [1.807, 2.05) is 69.2 Å². The third-order valence-corrected chi connectivity index (χ3v) is 17.8. The number of methoxy groups -OCH3 is 2. The van der Waals surface area contributed by atoms with E-state index >= 15 is 0 Å². The SMILES string of the molecule is CC[C@@H]1[C@@H](C)O[C@@](OC)([C@@H](C)[C@H](O)[C@H](C)[C@H]2OC(=O)/C(C)=C/C=C/[C@H](C)[C@@H]([C@@H](C)[C@@H](O)[C@H](C)[C@@]3(OC)C[C@@H](O[C@H]4C[C@H](O)[C@H](O)[C@H](C)O4)[C@H](CC)[C@@H](C)O3)OC(=O)/C(C)=C/C=C/[C@@H]2C)C[C@H]1O[C@H]1C[C@H](O)[C@H](O)[C@H](C)O1. The molecule has 5 aliphatic heterocycles. The van der Waals surface area contributed by atoms with Crippen LogP contribution in [0.1, 0.15) is 135 Å². The third kappa shape index (κ3) is 14.6. The van der Waals surface area contributed by atoms with Crippen LogP contribution in [0.2, 0.25) is 0 Å². The minimum atomic E-state index is -1.34. The van der Waals surface area contributed by atoms with Gasteiger partial charge in [0, 0.05) is 98.4 Å². The molecule has 18 heteroatoms. The molecule has 76 heavy (non-hydrogen) atoms. The number of allylic oxidation sites excluding steroid dienone is 4. The number of carbonyl (C=O) groups is 2. The molecule has 26 atom stereocenters. The number of aliphatic hydroxyl groups is 6. The Morgan fingerprint density at radius 1 is 0.592 bits per heavy atom. The van der Waals surface area contributed by atoms with Gasteiger partial charge < -0.3 is 78.0 Å². The Labute approximate surface area is 452 Å². The van der Waals surface area contributed by atoms with Gasteiger partial charge in [-0.3, -0.25) is 0 Å². The highest BCUT2D eigenvalue weighted by Crippen LogP contribution is 2.47. The molecule has 0 aromatic heterocycles. The fourth-order valence-corrected chi connectivity index (χ4v) is 12.4. The molecule has 0 saturated carbocycles. The van der Waals surface area contributed by atoms with Crippen molar-refractivity contribution >= 4 is 11.9 Å². The molecule has 0 amide bonds. The van der Waals surface area contributed by atoms with Gasteiger partial charge in [-0.2, -0.15) is 0 Å². The van der Waals surface area contributed by atoms with Crippen molar-refractivity contribution in [3.05, 3.63) is 47.6 Å². The summed E-state index contributed by atoms with van der Waals surface area (Å²) in [5, 5.41) is 66.4. The molecule has 4 saturated heterocycles. The summed E-state index contributed by atoms with van der Waals surface area (Å²) in [5.41, 5.74) is 0.563. The maximum atomic E-state index is 14.0. The van der Waals surface area contributed by atoms with Crippen molar-refractivity contribution < 1.29 is 87.6 Å². The molecule has 0 aromatic carbocycles. The van der Waals surface area contributed by atoms with Gasteiger partial charge in [0.15, 0.2) is 24.2 Å². The lowest BCUT2D eigenvalue weighted by molar-refractivity contribution is -0.352. The lowest BCUT2D eigenvalue weighted by atomic mass is 9.76. The summed E-state index contributed by atoms with van der Waals surface area (Å²) in [5.74, 6) is -7.68. The van der Waals surface area contributed by atoms with Crippen LogP contribution in [0, 0.1) is 47.3 Å². The average molecular weight is 1080 g/mol. The molecule has 0 unspecified atom stereocenters. The summed E-state index contributed by atoms with van der Waals surface area (Å²) < 4.78 is 63.4. The first kappa shape index (κ1) is 64.2. The number of hydrogen-bond acceptors (Lipinski definition) is 18. The van der Waals surface area contributed by atoms with Gasteiger partial charge >= 0.3 is 11.9 Å². The summed E-state index contributed by atoms with van der Waals surface area (Å²) >= 11 is 0. The van der Waals surface area contributed by atoms with E-state index in [0.29, 0.717) is 12.8 Å². The Bertz CT molecular complexity index is 1830. The van der Waals surface area contributed by atoms with E-state index in [2.05, 4.69) is 0 Å². The fraction of sp³-hybridized carbons (Fsp3) is 0.828. The number of rotatable bonds is 16. The maximum Gasteiger partial charge on any atom is 0.334 e. The smallest absolute Gasteiger partial charge is 0.334 e. The highest BCUT2D eigenvalue weighted by atomic mass is 16.7. The van der Waals surface area contributed by atoms with Gasteiger partial charge in [0.2, 0.25) is 0 Å². The second-order valence-electron chi connectivity index (χ2n) is 22.9. The molecule has 18 nitrogen and oxygen atoms in total. The predicted molar refractivity (Wildman–Crippen MR) is 282 cm³/mol. The standard InChI is InChI=1S/C58H96O18/c1-17-41-37(11)75-57(67-15,27-45(41)71-47-25-43(59)51(63)39(13)69-47)35(9)49(61)33(7)53-29(3)21-19-23-32(6)56(66)74-54(30(4)22-20-24-31(5)55(65)73-53)34(8)50(62)36(10)58(68-16)28-46(42(18-2)38(12)76-58)72-48-26-44(60)52(64)40(14)70-48/h19-24,29-30,33-54,59-64H,17-18,25-28H2,1-16H3/b21-19+,22-20+,31-24+,32-23+/t29-,30-,33-,34-,35-,36-,37+,38+,39-,40-,41+,42+,43-,44-,45+,46+,47-,48-,49+,50+,51+,52+,53-,54-,57+,58+/m0/s1. The average Bonchev–Trinajstić information content (AvgIpc) is 3.37. The molecule has 0 bridgehead atoms. The molecule has 5 aliphatic rings. The summed E-state index contributed by atoms with van der Waals surface area (Å²) in [7, 11) is 3.06. The van der Waals surface area contributed by atoms with Crippen molar-refractivity contribution in [1.29, 1.82) is 0 Å². The highest BCUT2D eigenvalue weighted by molar-refractivity contribution is 5.88. The summed E-state index contributed by atoms with van der Waals surface area (Å²) in [4.78, 5) is 28.1. The number of hydrogen-bond donors (Lipinski definition) is 6. The number of esters is 2. The van der Waals surface area contributed by atoms with E-state index in [1.165, 1.54) is 14.2 Å². The minimum absolute atomic E-state index is 0.0717. The van der Waals surface area contributed by atoms with Crippen LogP contribution in [0.3, 0.4) is 0 Å². The fourth-order valence-electron chi connectivity index (χ4n) is 12.4. The molecule has 0 aliphatic carbocycles. The van der Waals surface area contributed by atoms with Crippen molar-refractivity contribution in [2.75, 3.05) is 14.2 Å². The van der Waals surface area contributed by atoms with Crippen LogP contribution < -0.4 is 0 Å². The van der Waals surface area contributed by atoms with Crippen LogP contribution in [0.15, 0.2) is 47.6 Å². The normalized spacial score (nSPS) is 45.1. The molecule has 0 radical (unpaired) electrons. The van der Waals surface area contributed by atoms with E-state index < -0.39 is 145 Å². The molecular weight excluding hydrogens is 985 g/mol. The number of aliphatic hydroxyl groups excluding tert-OH is 6. The Morgan fingerprint density at radius 2 is 0.934 bits per heavy atom. The Kier molecular flexibility index (Phi) is 23.4. The lowest BCUT2D eigenvalue weighted by Gasteiger charge is -2.52. The van der Waals surface area contributed by atoms with E-state index in [0.717, 1.165) is 0 Å². The van der Waals surface area contributed by atoms with E-state index in [4.69, 9.17) is 47.4 Å². The topological polar surface area (TPSA) is 248 Å². The number of carbonyl (C=O) groups excluding carboxylic acids is 2. The highest BCUT2D eigenvalue weighted by Gasteiger charge is 2.55. The van der Waals surface area contributed by atoms with Crippen LogP contribution in [-0.2, 0) is 57.0 Å². The first-order valence-corrected chi connectivity index (χ1v) is 28.0. The van der Waals surface area contributed by atoms with E-state index in [1.54, 1.807) is 64.2 Å². The van der Waals surface area contributed by atoms with E-state index in [9.17, 15) is 40.2 Å². The van der Waals surface area contributed by atoms with Gasteiger partial charge in [0.1, 0.15) is 24.4 Å². The minimum Gasteiger partial charge on any atom is -0.458 e. The Morgan fingerprint density at radius 3 is 1.24 bits per heavy atom. The zero-order valence-electron chi connectivity index (χ0n) is 48.1. The van der Waals surface area contributed by atoms with Crippen LogP contribution in [-0.4, -0.2) is 166 Å². The zero-order valence-corrected chi connectivity index (χ0v) is 48.1. The molecule has 5 heterocycles. The quantitative estimate of drug-likeness (QED) is 0.0941. The van der Waals surface area contributed by atoms with Crippen LogP contribution in [0.5, 0.6) is 0 Å². The first-order valence-electron chi connectivity index (χ1n) is 28.0. The third-order valence-electron chi connectivity index (χ3n) is 17.8. The summed E-state index contributed by atoms with van der Waals surface area (Å²) in [6.07, 6.45) is -0.246. The van der Waals surface area contributed by atoms with Crippen molar-refractivity contribution in [2.45, 2.75) is 245 Å². The summed E-state index contributed by atoms with van der Waals surface area (Å²) in [6, 6.07) is 0.